The smallest absolute Gasteiger partial charge is 0.338 e. The minimum Gasteiger partial charge on any atom is -0.449 e. The first-order chi connectivity index (χ1) is 13.6. The van der Waals surface area contributed by atoms with Crippen LogP contribution < -0.4 is 9.62 Å². The number of carbonyl (C=O) groups excluding carboxylic acids is 2. The van der Waals surface area contributed by atoms with Gasteiger partial charge in [-0.3, -0.25) is 9.10 Å². The number of carbonyl (C=O) groups is 2. The van der Waals surface area contributed by atoms with Crippen molar-refractivity contribution in [2.75, 3.05) is 22.4 Å². The molecule has 0 saturated carbocycles. The van der Waals surface area contributed by atoms with Crippen molar-refractivity contribution >= 4 is 33.3 Å². The number of benzene rings is 2. The standard InChI is InChI=1S/C20H21FN2O5S/c1-12-4-6-16(11-17(12)21)22-19(24)13(2)28-20(25)15-5-7-18-14(10-15)8-9-23(18)29(3,26)27/h4-7,10-11,13H,8-9H2,1-3H3,(H,22,24)/t13-/m0/s1. The van der Waals surface area contributed by atoms with Gasteiger partial charge in [-0.25, -0.2) is 17.6 Å². The highest BCUT2D eigenvalue weighted by Crippen LogP contribution is 2.31. The molecular weight excluding hydrogens is 399 g/mol. The first kappa shape index (κ1) is 20.8. The Morgan fingerprint density at radius 2 is 1.93 bits per heavy atom. The fraction of sp³-hybridized carbons (Fsp3) is 0.300. The van der Waals surface area contributed by atoms with E-state index in [1.54, 1.807) is 25.1 Å². The first-order valence-corrected chi connectivity index (χ1v) is 10.8. The van der Waals surface area contributed by atoms with Gasteiger partial charge in [-0.05, 0) is 61.7 Å². The molecule has 2 aromatic rings. The van der Waals surface area contributed by atoms with E-state index >= 15 is 0 Å². The van der Waals surface area contributed by atoms with Crippen LogP contribution in [0.1, 0.15) is 28.4 Å². The zero-order chi connectivity index (χ0) is 21.3. The third-order valence-electron chi connectivity index (χ3n) is 4.66. The number of nitrogens with zero attached hydrogens (tertiary/aromatic N) is 1. The van der Waals surface area contributed by atoms with Crippen LogP contribution in [-0.2, 0) is 26.0 Å². The topological polar surface area (TPSA) is 92.8 Å². The summed E-state index contributed by atoms with van der Waals surface area (Å²) < 4.78 is 43.7. The number of anilines is 2. The van der Waals surface area contributed by atoms with Crippen molar-refractivity contribution in [2.24, 2.45) is 0 Å². The molecule has 1 N–H and O–H groups in total. The van der Waals surface area contributed by atoms with Gasteiger partial charge in [-0.1, -0.05) is 6.07 Å². The average Bonchev–Trinajstić information content (AvgIpc) is 3.08. The van der Waals surface area contributed by atoms with E-state index in [1.807, 2.05) is 0 Å². The molecule has 29 heavy (non-hydrogen) atoms. The number of esters is 1. The summed E-state index contributed by atoms with van der Waals surface area (Å²) in [6.45, 7) is 3.34. The number of ether oxygens (including phenoxy) is 1. The van der Waals surface area contributed by atoms with Crippen LogP contribution in [0.25, 0.3) is 0 Å². The van der Waals surface area contributed by atoms with Gasteiger partial charge in [0.25, 0.3) is 5.91 Å². The number of hydrogen-bond donors (Lipinski definition) is 1. The number of nitrogens with one attached hydrogen (secondary N) is 1. The van der Waals surface area contributed by atoms with Crippen molar-refractivity contribution < 1.29 is 27.1 Å². The van der Waals surface area contributed by atoms with E-state index in [4.69, 9.17) is 4.74 Å². The van der Waals surface area contributed by atoms with Gasteiger partial charge < -0.3 is 10.1 Å². The van der Waals surface area contributed by atoms with Crippen LogP contribution >= 0.6 is 0 Å². The van der Waals surface area contributed by atoms with E-state index in [9.17, 15) is 22.4 Å². The SMILES string of the molecule is Cc1ccc(NC(=O)[C@H](C)OC(=O)c2ccc3c(c2)CCN3S(C)(=O)=O)cc1F. The summed E-state index contributed by atoms with van der Waals surface area (Å²) in [6, 6.07) is 8.87. The Hall–Kier alpha value is -2.94. The maximum Gasteiger partial charge on any atom is 0.338 e. The predicted octanol–water partition coefficient (Wildman–Crippen LogP) is 2.64. The van der Waals surface area contributed by atoms with Gasteiger partial charge in [0.1, 0.15) is 5.82 Å². The summed E-state index contributed by atoms with van der Waals surface area (Å²) in [5.41, 5.74) is 2.20. The highest BCUT2D eigenvalue weighted by atomic mass is 32.2. The molecule has 2 aromatic carbocycles. The highest BCUT2D eigenvalue weighted by molar-refractivity contribution is 7.92. The van der Waals surface area contributed by atoms with Crippen LogP contribution in [0.2, 0.25) is 0 Å². The first-order valence-electron chi connectivity index (χ1n) is 8.95. The number of aryl methyl sites for hydroxylation is 1. The fourth-order valence-electron chi connectivity index (χ4n) is 3.04. The second-order valence-corrected chi connectivity index (χ2v) is 8.84. The molecule has 1 aliphatic heterocycles. The molecule has 3 rings (SSSR count). The zero-order valence-electron chi connectivity index (χ0n) is 16.2. The molecule has 0 fully saturated rings. The van der Waals surface area contributed by atoms with Crippen LogP contribution in [-0.4, -0.2) is 39.2 Å². The van der Waals surface area contributed by atoms with E-state index < -0.39 is 33.8 Å². The second-order valence-electron chi connectivity index (χ2n) is 6.93. The van der Waals surface area contributed by atoms with E-state index in [2.05, 4.69) is 5.32 Å². The van der Waals surface area contributed by atoms with Crippen molar-refractivity contribution in [1.29, 1.82) is 0 Å². The third-order valence-corrected chi connectivity index (χ3v) is 5.84. The van der Waals surface area contributed by atoms with Gasteiger partial charge in [0.15, 0.2) is 6.10 Å². The molecule has 0 spiro atoms. The monoisotopic (exact) mass is 420 g/mol. The molecule has 0 aliphatic carbocycles. The molecule has 0 unspecified atom stereocenters. The summed E-state index contributed by atoms with van der Waals surface area (Å²) in [5, 5.41) is 2.50. The van der Waals surface area contributed by atoms with Gasteiger partial charge in [0.05, 0.1) is 17.5 Å². The molecule has 0 saturated heterocycles. The largest absolute Gasteiger partial charge is 0.449 e. The zero-order valence-corrected chi connectivity index (χ0v) is 17.0. The molecule has 154 valence electrons. The Kier molecular flexibility index (Phi) is 5.61. The van der Waals surface area contributed by atoms with Crippen molar-refractivity contribution in [2.45, 2.75) is 26.4 Å². The Morgan fingerprint density at radius 3 is 2.59 bits per heavy atom. The summed E-state index contributed by atoms with van der Waals surface area (Å²) in [6.07, 6.45) is 0.510. The summed E-state index contributed by atoms with van der Waals surface area (Å²) in [4.78, 5) is 24.6. The Bertz CT molecular complexity index is 1080. The Morgan fingerprint density at radius 1 is 1.21 bits per heavy atom. The van der Waals surface area contributed by atoms with Gasteiger partial charge in [-0.2, -0.15) is 0 Å². The number of sulfonamides is 1. The molecule has 0 aromatic heterocycles. The Balaban J connectivity index is 1.67. The number of halogens is 1. The Labute approximate surface area is 168 Å². The lowest BCUT2D eigenvalue weighted by Gasteiger charge is -2.17. The minimum absolute atomic E-state index is 0.222. The molecule has 1 aliphatic rings. The normalized spacial score (nSPS) is 14.3. The van der Waals surface area contributed by atoms with Crippen LogP contribution in [0.3, 0.4) is 0 Å². The molecule has 1 atom stereocenters. The molecule has 0 bridgehead atoms. The van der Waals surface area contributed by atoms with Crippen molar-refractivity contribution in [3.63, 3.8) is 0 Å². The average molecular weight is 420 g/mol. The molecule has 7 nitrogen and oxygen atoms in total. The fourth-order valence-corrected chi connectivity index (χ4v) is 4.00. The van der Waals surface area contributed by atoms with E-state index in [0.29, 0.717) is 24.2 Å². The molecule has 9 heteroatoms. The highest BCUT2D eigenvalue weighted by Gasteiger charge is 2.27. The quantitative estimate of drug-likeness (QED) is 0.751. The van der Waals surface area contributed by atoms with Crippen molar-refractivity contribution in [3.8, 4) is 0 Å². The van der Waals surface area contributed by atoms with Crippen LogP contribution in [0.5, 0.6) is 0 Å². The van der Waals surface area contributed by atoms with Crippen LogP contribution in [0.4, 0.5) is 15.8 Å². The van der Waals surface area contributed by atoms with Gasteiger partial charge in [0, 0.05) is 12.2 Å². The van der Waals surface area contributed by atoms with Gasteiger partial charge in [-0.15, -0.1) is 0 Å². The second kappa shape index (κ2) is 7.82. The lowest BCUT2D eigenvalue weighted by Crippen LogP contribution is -2.30. The number of rotatable bonds is 5. The van der Waals surface area contributed by atoms with Crippen molar-refractivity contribution in [3.05, 3.63) is 58.9 Å². The van der Waals surface area contributed by atoms with Crippen LogP contribution in [0.15, 0.2) is 36.4 Å². The molecular formula is C20H21FN2O5S. The van der Waals surface area contributed by atoms with Crippen LogP contribution in [0, 0.1) is 12.7 Å². The minimum atomic E-state index is -3.38. The third kappa shape index (κ3) is 4.56. The number of fused-ring (bicyclic) bond motifs is 1. The summed E-state index contributed by atoms with van der Waals surface area (Å²) >= 11 is 0. The predicted molar refractivity (Wildman–Crippen MR) is 107 cm³/mol. The van der Waals surface area contributed by atoms with E-state index in [-0.39, 0.29) is 11.3 Å². The molecule has 1 heterocycles. The molecule has 0 radical (unpaired) electrons. The van der Waals surface area contributed by atoms with Gasteiger partial charge in [0.2, 0.25) is 10.0 Å². The lowest BCUT2D eigenvalue weighted by molar-refractivity contribution is -0.123. The lowest BCUT2D eigenvalue weighted by atomic mass is 10.1. The maximum atomic E-state index is 13.6. The van der Waals surface area contributed by atoms with Crippen molar-refractivity contribution in [1.82, 2.24) is 0 Å². The number of amides is 1. The maximum absolute atomic E-state index is 13.6. The molecule has 1 amide bonds. The van der Waals surface area contributed by atoms with Gasteiger partial charge >= 0.3 is 5.97 Å². The van der Waals surface area contributed by atoms with E-state index in [0.717, 1.165) is 11.8 Å². The summed E-state index contributed by atoms with van der Waals surface area (Å²) in [7, 11) is -3.38. The summed E-state index contributed by atoms with van der Waals surface area (Å²) in [5.74, 6) is -1.75. The number of hydrogen-bond acceptors (Lipinski definition) is 5. The van der Waals surface area contributed by atoms with E-state index in [1.165, 1.54) is 29.4 Å².